The number of hydrogen-bond donors (Lipinski definition) is 0. The molecule has 1 aromatic rings. The highest BCUT2D eigenvalue weighted by Crippen LogP contribution is 2.32. The van der Waals surface area contributed by atoms with Crippen LogP contribution >= 0.6 is 0 Å². The van der Waals surface area contributed by atoms with Gasteiger partial charge in [0.05, 0.1) is 20.6 Å². The molecule has 5 nitrogen and oxygen atoms in total. The summed E-state index contributed by atoms with van der Waals surface area (Å²) in [4.78, 5) is 17.7. The van der Waals surface area contributed by atoms with Crippen LogP contribution in [-0.4, -0.2) is 62.1 Å². The Morgan fingerprint density at radius 3 is 2.72 bits per heavy atom. The van der Waals surface area contributed by atoms with E-state index in [9.17, 15) is 4.79 Å². The molecule has 1 amide bonds. The fraction of sp³-hybridized carbons (Fsp3) is 0.650. The number of para-hydroxylation sites is 1. The second kappa shape index (κ2) is 8.09. The Kier molecular flexibility index (Phi) is 5.84. The highest BCUT2D eigenvalue weighted by atomic mass is 16.5. The number of methoxy groups -OCH3 is 2. The van der Waals surface area contributed by atoms with E-state index in [1.807, 2.05) is 18.2 Å². The van der Waals surface area contributed by atoms with E-state index in [1.54, 1.807) is 14.2 Å². The first-order chi connectivity index (χ1) is 12.2. The average molecular weight is 346 g/mol. The van der Waals surface area contributed by atoms with Crippen molar-refractivity contribution in [1.82, 2.24) is 9.80 Å². The van der Waals surface area contributed by atoms with Crippen LogP contribution < -0.4 is 9.47 Å². The third-order valence-electron chi connectivity index (χ3n) is 5.52. The number of hydrogen-bond acceptors (Lipinski definition) is 4. The largest absolute Gasteiger partial charge is 0.493 e. The third-order valence-corrected chi connectivity index (χ3v) is 5.52. The molecule has 3 aliphatic rings. The van der Waals surface area contributed by atoms with Crippen LogP contribution in [0.3, 0.4) is 0 Å². The first kappa shape index (κ1) is 18.1. The van der Waals surface area contributed by atoms with Gasteiger partial charge >= 0.3 is 0 Å². The van der Waals surface area contributed by atoms with E-state index in [4.69, 9.17) is 9.47 Å². The molecule has 2 bridgehead atoms. The topological polar surface area (TPSA) is 42.0 Å². The van der Waals surface area contributed by atoms with Gasteiger partial charge in [-0.3, -0.25) is 9.69 Å². The maximum atomic E-state index is 13.0. The van der Waals surface area contributed by atoms with Gasteiger partial charge in [0.1, 0.15) is 0 Å². The molecule has 3 heterocycles. The summed E-state index contributed by atoms with van der Waals surface area (Å²) < 4.78 is 10.8. The minimum absolute atomic E-state index is 0.196. The second-order valence-corrected chi connectivity index (χ2v) is 7.22. The molecular weight excluding hydrogens is 316 g/mol. The van der Waals surface area contributed by atoms with Crippen molar-refractivity contribution < 1.29 is 14.3 Å². The van der Waals surface area contributed by atoms with Crippen molar-refractivity contribution >= 4 is 5.91 Å². The van der Waals surface area contributed by atoms with Gasteiger partial charge in [-0.2, -0.15) is 0 Å². The van der Waals surface area contributed by atoms with Gasteiger partial charge in [0.2, 0.25) is 5.91 Å². The van der Waals surface area contributed by atoms with Crippen LogP contribution in [0.4, 0.5) is 0 Å². The number of benzene rings is 1. The number of fused-ring (bicyclic) bond motifs is 4. The van der Waals surface area contributed by atoms with Gasteiger partial charge in [0.15, 0.2) is 11.5 Å². The molecule has 0 radical (unpaired) electrons. The summed E-state index contributed by atoms with van der Waals surface area (Å²) in [6.45, 7) is 6.28. The van der Waals surface area contributed by atoms with E-state index >= 15 is 0 Å². The Morgan fingerprint density at radius 1 is 1.16 bits per heavy atom. The van der Waals surface area contributed by atoms with E-state index in [-0.39, 0.29) is 5.91 Å². The van der Waals surface area contributed by atoms with Crippen molar-refractivity contribution in [3.63, 3.8) is 0 Å². The molecule has 2 atom stereocenters. The average Bonchev–Trinajstić information content (AvgIpc) is 2.93. The Hall–Kier alpha value is -1.75. The molecule has 5 heteroatoms. The molecule has 138 valence electrons. The molecule has 3 saturated heterocycles. The zero-order valence-corrected chi connectivity index (χ0v) is 15.7. The lowest BCUT2D eigenvalue weighted by Gasteiger charge is -2.35. The lowest BCUT2D eigenvalue weighted by Crippen LogP contribution is -2.44. The highest BCUT2D eigenvalue weighted by Gasteiger charge is 2.36. The third kappa shape index (κ3) is 3.92. The molecular formula is C20H30N2O3. The summed E-state index contributed by atoms with van der Waals surface area (Å²) in [5, 5.41) is 0. The molecule has 3 aliphatic heterocycles. The van der Waals surface area contributed by atoms with E-state index in [0.29, 0.717) is 29.9 Å². The summed E-state index contributed by atoms with van der Waals surface area (Å²) in [6, 6.07) is 6.25. The van der Waals surface area contributed by atoms with Crippen molar-refractivity contribution in [3.05, 3.63) is 23.8 Å². The van der Waals surface area contributed by atoms with E-state index in [2.05, 4.69) is 16.7 Å². The zero-order chi connectivity index (χ0) is 17.8. The molecule has 0 spiro atoms. The van der Waals surface area contributed by atoms with Crippen LogP contribution in [0.2, 0.25) is 0 Å². The summed E-state index contributed by atoms with van der Waals surface area (Å²) in [6.07, 6.45) is 4.01. The Morgan fingerprint density at radius 2 is 2.00 bits per heavy atom. The van der Waals surface area contributed by atoms with Crippen molar-refractivity contribution in [2.45, 2.75) is 38.6 Å². The first-order valence-corrected chi connectivity index (χ1v) is 9.38. The Balaban J connectivity index is 1.72. The lowest BCUT2D eigenvalue weighted by molar-refractivity contribution is -0.130. The van der Waals surface area contributed by atoms with Crippen molar-refractivity contribution in [2.75, 3.05) is 40.4 Å². The summed E-state index contributed by atoms with van der Waals surface area (Å²) in [5.41, 5.74) is 0.897. The molecule has 0 N–H and O–H groups in total. The minimum atomic E-state index is 0.196. The van der Waals surface area contributed by atoms with Crippen LogP contribution in [0, 0.1) is 5.92 Å². The van der Waals surface area contributed by atoms with Gasteiger partial charge < -0.3 is 14.4 Å². The van der Waals surface area contributed by atoms with Crippen LogP contribution in [0.15, 0.2) is 18.2 Å². The number of amides is 1. The molecule has 25 heavy (non-hydrogen) atoms. The van der Waals surface area contributed by atoms with Gasteiger partial charge in [0, 0.05) is 31.2 Å². The van der Waals surface area contributed by atoms with Crippen LogP contribution in [0.1, 0.15) is 31.7 Å². The monoisotopic (exact) mass is 346 g/mol. The van der Waals surface area contributed by atoms with Crippen molar-refractivity contribution in [3.8, 4) is 11.5 Å². The van der Waals surface area contributed by atoms with Crippen LogP contribution in [0.25, 0.3) is 0 Å². The fourth-order valence-corrected chi connectivity index (χ4v) is 4.31. The molecule has 3 fully saturated rings. The van der Waals surface area contributed by atoms with Crippen molar-refractivity contribution in [2.24, 2.45) is 5.92 Å². The summed E-state index contributed by atoms with van der Waals surface area (Å²) >= 11 is 0. The molecule has 4 rings (SSSR count). The minimum Gasteiger partial charge on any atom is -0.493 e. The maximum absolute atomic E-state index is 13.0. The molecule has 0 saturated carbocycles. The summed E-state index contributed by atoms with van der Waals surface area (Å²) in [7, 11) is 3.25. The van der Waals surface area contributed by atoms with Crippen LogP contribution in [0.5, 0.6) is 11.5 Å². The lowest BCUT2D eigenvalue weighted by atomic mass is 9.95. The molecule has 0 aromatic heterocycles. The predicted octanol–water partition coefficient (Wildman–Crippen LogP) is 2.58. The van der Waals surface area contributed by atoms with Gasteiger partial charge in [-0.25, -0.2) is 0 Å². The van der Waals surface area contributed by atoms with Crippen LogP contribution in [-0.2, 0) is 11.2 Å². The van der Waals surface area contributed by atoms with E-state index in [0.717, 1.165) is 31.7 Å². The molecule has 0 aliphatic carbocycles. The zero-order valence-electron chi connectivity index (χ0n) is 15.7. The van der Waals surface area contributed by atoms with Crippen molar-refractivity contribution in [1.29, 1.82) is 0 Å². The van der Waals surface area contributed by atoms with Gasteiger partial charge in [-0.05, 0) is 37.8 Å². The predicted molar refractivity (Wildman–Crippen MR) is 98.2 cm³/mol. The number of nitrogens with zero attached hydrogens (tertiary/aromatic N) is 2. The van der Waals surface area contributed by atoms with E-state index in [1.165, 1.54) is 19.3 Å². The Bertz CT molecular complexity index is 605. The smallest absolute Gasteiger partial charge is 0.227 e. The Labute approximate surface area is 150 Å². The number of carbonyl (C=O) groups is 1. The normalized spacial score (nSPS) is 23.4. The maximum Gasteiger partial charge on any atom is 0.227 e. The van der Waals surface area contributed by atoms with Gasteiger partial charge in [-0.1, -0.05) is 19.1 Å². The van der Waals surface area contributed by atoms with Gasteiger partial charge in [0.25, 0.3) is 0 Å². The summed E-state index contributed by atoms with van der Waals surface area (Å²) in [5.74, 6) is 2.16. The molecule has 0 unspecified atom stereocenters. The number of piperidine rings is 1. The number of carbonyl (C=O) groups excluding carboxylic acids is 1. The fourth-order valence-electron chi connectivity index (χ4n) is 4.31. The van der Waals surface area contributed by atoms with E-state index < -0.39 is 0 Å². The highest BCUT2D eigenvalue weighted by molar-refractivity contribution is 5.80. The quantitative estimate of drug-likeness (QED) is 0.794. The standard InChI is InChI=1S/C20H30N2O3/c1-4-10-21-12-15-8-9-17(21)14-22(13-15)19(23)11-16-6-5-7-18(24-2)20(16)25-3/h5-7,15,17H,4,8-14H2,1-3H3/t15-,17-/m0/s1. The molecule has 1 aromatic carbocycles. The van der Waals surface area contributed by atoms with Gasteiger partial charge in [-0.15, -0.1) is 0 Å². The number of rotatable bonds is 6. The first-order valence-electron chi connectivity index (χ1n) is 9.38. The number of ether oxygens (including phenoxy) is 2. The SMILES string of the molecule is CCCN1C[C@@H]2CC[C@H]1CN(C(=O)Cc1cccc(OC)c1OC)C2. The second-order valence-electron chi connectivity index (χ2n) is 7.22.